The summed E-state index contributed by atoms with van der Waals surface area (Å²) < 4.78 is 1.22. The molecule has 1 aromatic heterocycles. The Kier molecular flexibility index (Phi) is 7.38. The van der Waals surface area contributed by atoms with Crippen molar-refractivity contribution in [2.75, 3.05) is 30.9 Å². The molecule has 0 aliphatic heterocycles. The highest BCUT2D eigenvalue weighted by Gasteiger charge is 2.23. The standard InChI is InChI=1S/C24H27Br2N5O2/c1-31(2)22-17-5-3-4-6-20(17)29-24(30-22)28-16-9-7-14(8-10-16)13-27-23(33)18-11-15(25)12-19(26)21(18)32/h3-6,11-12,14,16,32H,7-10,13H2,1-2H3,(H,27,33)(H,28,29,30). The molecule has 1 amide bonds. The van der Waals surface area contributed by atoms with E-state index in [1.165, 1.54) is 0 Å². The summed E-state index contributed by atoms with van der Waals surface area (Å²) in [5, 5.41) is 17.7. The number of halogens is 2. The summed E-state index contributed by atoms with van der Waals surface area (Å²) in [5.74, 6) is 1.65. The van der Waals surface area contributed by atoms with Gasteiger partial charge in [-0.2, -0.15) is 4.98 Å². The monoisotopic (exact) mass is 575 g/mol. The Balaban J connectivity index is 1.33. The first kappa shape index (κ1) is 23.8. The number of para-hydroxylation sites is 1. The van der Waals surface area contributed by atoms with Gasteiger partial charge in [-0.15, -0.1) is 0 Å². The summed E-state index contributed by atoms with van der Waals surface area (Å²) in [4.78, 5) is 24.0. The number of phenols is 1. The van der Waals surface area contributed by atoms with E-state index in [-0.39, 0.29) is 17.2 Å². The number of phenolic OH excluding ortho intramolecular Hbond substituents is 1. The molecule has 174 valence electrons. The predicted molar refractivity (Wildman–Crippen MR) is 139 cm³/mol. The minimum absolute atomic E-state index is 0.0453. The molecule has 9 heteroatoms. The van der Waals surface area contributed by atoms with Crippen molar-refractivity contribution in [2.24, 2.45) is 5.92 Å². The zero-order valence-corrected chi connectivity index (χ0v) is 21.8. The second-order valence-corrected chi connectivity index (χ2v) is 10.4. The van der Waals surface area contributed by atoms with Crippen LogP contribution in [0.4, 0.5) is 11.8 Å². The van der Waals surface area contributed by atoms with E-state index in [4.69, 9.17) is 9.97 Å². The van der Waals surface area contributed by atoms with Crippen LogP contribution < -0.4 is 15.5 Å². The predicted octanol–water partition coefficient (Wildman–Crippen LogP) is 5.33. The Hall–Kier alpha value is -2.39. The van der Waals surface area contributed by atoms with Crippen LogP contribution in [-0.4, -0.2) is 47.7 Å². The zero-order chi connectivity index (χ0) is 23.5. The molecule has 0 unspecified atom stereocenters. The van der Waals surface area contributed by atoms with Crippen LogP contribution in [0.5, 0.6) is 5.75 Å². The fourth-order valence-corrected chi connectivity index (χ4v) is 5.46. The molecule has 0 bridgehead atoms. The smallest absolute Gasteiger partial charge is 0.255 e. The Bertz CT molecular complexity index is 1160. The highest BCUT2D eigenvalue weighted by atomic mass is 79.9. The van der Waals surface area contributed by atoms with Crippen LogP contribution in [0.2, 0.25) is 0 Å². The second kappa shape index (κ2) is 10.3. The van der Waals surface area contributed by atoms with E-state index < -0.39 is 0 Å². The lowest BCUT2D eigenvalue weighted by molar-refractivity contribution is 0.0940. The number of amides is 1. The summed E-state index contributed by atoms with van der Waals surface area (Å²) in [6.07, 6.45) is 3.98. The quantitative estimate of drug-likeness (QED) is 0.367. The molecule has 7 nitrogen and oxygen atoms in total. The number of aromatic hydroxyl groups is 1. The molecule has 33 heavy (non-hydrogen) atoms. The Morgan fingerprint density at radius 2 is 1.85 bits per heavy atom. The zero-order valence-electron chi connectivity index (χ0n) is 18.6. The SMILES string of the molecule is CN(C)c1nc(NC2CCC(CNC(=O)c3cc(Br)cc(Br)c3O)CC2)nc2ccccc12. The Morgan fingerprint density at radius 1 is 1.12 bits per heavy atom. The van der Waals surface area contributed by atoms with Crippen LogP contribution >= 0.6 is 31.9 Å². The number of carbonyl (C=O) groups is 1. The van der Waals surface area contributed by atoms with E-state index in [1.54, 1.807) is 12.1 Å². The number of hydrogen-bond donors (Lipinski definition) is 3. The third kappa shape index (κ3) is 5.58. The Labute approximate surface area is 210 Å². The van der Waals surface area contributed by atoms with Gasteiger partial charge in [-0.25, -0.2) is 4.98 Å². The number of benzene rings is 2. The van der Waals surface area contributed by atoms with Crippen molar-refractivity contribution >= 4 is 60.4 Å². The van der Waals surface area contributed by atoms with Gasteiger partial charge in [0.1, 0.15) is 11.6 Å². The van der Waals surface area contributed by atoms with Crippen LogP contribution in [0.15, 0.2) is 45.3 Å². The number of carbonyl (C=O) groups excluding carboxylic acids is 1. The highest BCUT2D eigenvalue weighted by Crippen LogP contribution is 2.32. The van der Waals surface area contributed by atoms with Gasteiger partial charge in [0.25, 0.3) is 5.91 Å². The first-order valence-electron chi connectivity index (χ1n) is 11.0. The van der Waals surface area contributed by atoms with Crippen molar-refractivity contribution in [2.45, 2.75) is 31.7 Å². The number of nitrogens with one attached hydrogen (secondary N) is 2. The molecule has 2 aromatic carbocycles. The van der Waals surface area contributed by atoms with Crippen molar-refractivity contribution in [3.05, 3.63) is 50.9 Å². The number of hydrogen-bond acceptors (Lipinski definition) is 6. The van der Waals surface area contributed by atoms with Gasteiger partial charge in [0.2, 0.25) is 5.95 Å². The van der Waals surface area contributed by atoms with E-state index in [0.717, 1.165) is 46.9 Å². The molecule has 0 saturated heterocycles. The number of nitrogens with zero attached hydrogens (tertiary/aromatic N) is 3. The van der Waals surface area contributed by atoms with Crippen LogP contribution in [-0.2, 0) is 0 Å². The molecule has 1 aliphatic carbocycles. The molecule has 3 aromatic rings. The van der Waals surface area contributed by atoms with Gasteiger partial charge in [-0.1, -0.05) is 28.1 Å². The number of rotatable bonds is 6. The normalized spacial score (nSPS) is 18.2. The topological polar surface area (TPSA) is 90.4 Å². The van der Waals surface area contributed by atoms with Crippen molar-refractivity contribution in [3.63, 3.8) is 0 Å². The summed E-state index contributed by atoms with van der Waals surface area (Å²) in [6, 6.07) is 11.7. The average molecular weight is 577 g/mol. The molecule has 1 heterocycles. The van der Waals surface area contributed by atoms with Gasteiger partial charge >= 0.3 is 0 Å². The maximum absolute atomic E-state index is 12.6. The number of fused-ring (bicyclic) bond motifs is 1. The molecule has 0 radical (unpaired) electrons. The highest BCUT2D eigenvalue weighted by molar-refractivity contribution is 9.11. The summed E-state index contributed by atoms with van der Waals surface area (Å²) in [6.45, 7) is 0.590. The van der Waals surface area contributed by atoms with Gasteiger partial charge in [0.15, 0.2) is 0 Å². The van der Waals surface area contributed by atoms with Crippen LogP contribution in [0.25, 0.3) is 10.9 Å². The van der Waals surface area contributed by atoms with E-state index in [2.05, 4.69) is 42.5 Å². The molecular weight excluding hydrogens is 550 g/mol. The van der Waals surface area contributed by atoms with E-state index in [1.807, 2.05) is 43.3 Å². The van der Waals surface area contributed by atoms with Gasteiger partial charge < -0.3 is 20.6 Å². The molecule has 0 atom stereocenters. The van der Waals surface area contributed by atoms with Gasteiger partial charge in [-0.05, 0) is 71.8 Å². The van der Waals surface area contributed by atoms with E-state index >= 15 is 0 Å². The third-order valence-corrected chi connectivity index (χ3v) is 7.07. The molecule has 0 spiro atoms. The molecular formula is C24H27Br2N5O2. The van der Waals surface area contributed by atoms with Crippen molar-refractivity contribution in [1.29, 1.82) is 0 Å². The summed E-state index contributed by atoms with van der Waals surface area (Å²) in [7, 11) is 3.98. The van der Waals surface area contributed by atoms with Gasteiger partial charge in [0, 0.05) is 36.5 Å². The maximum atomic E-state index is 12.6. The molecule has 1 saturated carbocycles. The summed E-state index contributed by atoms with van der Waals surface area (Å²) in [5.41, 5.74) is 1.19. The van der Waals surface area contributed by atoms with E-state index in [0.29, 0.717) is 28.9 Å². The number of anilines is 2. The molecule has 3 N–H and O–H groups in total. The molecule has 4 rings (SSSR count). The lowest BCUT2D eigenvalue weighted by Crippen LogP contribution is -2.34. The van der Waals surface area contributed by atoms with Crippen molar-refractivity contribution in [1.82, 2.24) is 15.3 Å². The Morgan fingerprint density at radius 3 is 2.58 bits per heavy atom. The van der Waals surface area contributed by atoms with Crippen LogP contribution in [0.3, 0.4) is 0 Å². The van der Waals surface area contributed by atoms with Gasteiger partial charge in [-0.3, -0.25) is 4.79 Å². The van der Waals surface area contributed by atoms with Crippen molar-refractivity contribution in [3.8, 4) is 5.75 Å². The second-order valence-electron chi connectivity index (χ2n) is 8.64. The molecule has 1 fully saturated rings. The van der Waals surface area contributed by atoms with Gasteiger partial charge in [0.05, 0.1) is 15.6 Å². The first-order chi connectivity index (χ1) is 15.8. The third-order valence-electron chi connectivity index (χ3n) is 6.01. The first-order valence-corrected chi connectivity index (χ1v) is 12.6. The lowest BCUT2D eigenvalue weighted by atomic mass is 9.86. The largest absolute Gasteiger partial charge is 0.506 e. The molecule has 1 aliphatic rings. The van der Waals surface area contributed by atoms with Crippen molar-refractivity contribution < 1.29 is 9.90 Å². The minimum atomic E-state index is -0.268. The lowest BCUT2D eigenvalue weighted by Gasteiger charge is -2.29. The van der Waals surface area contributed by atoms with Crippen LogP contribution in [0.1, 0.15) is 36.0 Å². The minimum Gasteiger partial charge on any atom is -0.506 e. The number of aromatic nitrogens is 2. The van der Waals surface area contributed by atoms with Crippen LogP contribution in [0, 0.1) is 5.92 Å². The average Bonchev–Trinajstić information content (AvgIpc) is 2.80. The van der Waals surface area contributed by atoms with E-state index in [9.17, 15) is 9.90 Å². The fourth-order valence-electron chi connectivity index (χ4n) is 4.23. The fraction of sp³-hybridized carbons (Fsp3) is 0.375. The summed E-state index contributed by atoms with van der Waals surface area (Å²) >= 11 is 6.63. The maximum Gasteiger partial charge on any atom is 0.255 e.